The predicted molar refractivity (Wildman–Crippen MR) is 87.1 cm³/mol. The molecule has 1 aromatic carbocycles. The lowest BCUT2D eigenvalue weighted by molar-refractivity contribution is 0.297. The zero-order valence-corrected chi connectivity index (χ0v) is 13.3. The maximum atomic E-state index is 5.78. The van der Waals surface area contributed by atoms with Crippen LogP contribution < -0.4 is 14.8 Å². The molecule has 0 amide bonds. The summed E-state index contributed by atoms with van der Waals surface area (Å²) in [5.74, 6) is 1.77. The molecule has 1 N–H and O–H groups in total. The fraction of sp³-hybridized carbons (Fsp3) is 0.562. The van der Waals surface area contributed by atoms with Crippen molar-refractivity contribution in [2.45, 2.75) is 32.7 Å². The molecule has 114 valence electrons. The molecule has 3 rings (SSSR count). The Morgan fingerprint density at radius 2 is 1.95 bits per heavy atom. The van der Waals surface area contributed by atoms with E-state index in [2.05, 4.69) is 29.3 Å². The molecule has 0 saturated carbocycles. The van der Waals surface area contributed by atoms with Crippen LogP contribution in [0.5, 0.6) is 11.5 Å². The van der Waals surface area contributed by atoms with Crippen molar-refractivity contribution in [2.24, 2.45) is 0 Å². The lowest BCUT2D eigenvalue weighted by Gasteiger charge is -2.31. The van der Waals surface area contributed by atoms with Crippen LogP contribution in [0.1, 0.15) is 30.9 Å². The van der Waals surface area contributed by atoms with Crippen LogP contribution in [0.25, 0.3) is 0 Å². The average molecular weight is 306 g/mol. The maximum absolute atomic E-state index is 5.78. The molecule has 2 aliphatic rings. The van der Waals surface area contributed by atoms with Gasteiger partial charge < -0.3 is 19.7 Å². The minimum absolute atomic E-state index is 0.728. The molecule has 0 fully saturated rings. The van der Waals surface area contributed by atoms with E-state index >= 15 is 0 Å². The summed E-state index contributed by atoms with van der Waals surface area (Å²) >= 11 is 5.47. The zero-order valence-electron chi connectivity index (χ0n) is 12.5. The van der Waals surface area contributed by atoms with Crippen molar-refractivity contribution in [3.8, 4) is 11.5 Å². The predicted octanol–water partition coefficient (Wildman–Crippen LogP) is 2.49. The second-order valence-electron chi connectivity index (χ2n) is 5.52. The molecule has 0 aromatic heterocycles. The largest absolute Gasteiger partial charge is 0.490 e. The van der Waals surface area contributed by atoms with Crippen LogP contribution >= 0.6 is 12.2 Å². The van der Waals surface area contributed by atoms with Crippen LogP contribution in [0.4, 0.5) is 0 Å². The highest BCUT2D eigenvalue weighted by Crippen LogP contribution is 2.35. The maximum Gasteiger partial charge on any atom is 0.169 e. The monoisotopic (exact) mass is 306 g/mol. The summed E-state index contributed by atoms with van der Waals surface area (Å²) in [4.78, 5) is 2.23. The molecule has 0 radical (unpaired) electrons. The number of fused-ring (bicyclic) bond motifs is 2. The molecule has 0 bridgehead atoms. The van der Waals surface area contributed by atoms with Gasteiger partial charge >= 0.3 is 0 Å². The first-order valence-corrected chi connectivity index (χ1v) is 8.13. The van der Waals surface area contributed by atoms with Crippen molar-refractivity contribution in [1.29, 1.82) is 0 Å². The van der Waals surface area contributed by atoms with Gasteiger partial charge in [0.2, 0.25) is 0 Å². The van der Waals surface area contributed by atoms with Gasteiger partial charge in [-0.3, -0.25) is 0 Å². The van der Waals surface area contributed by atoms with Gasteiger partial charge in [0.1, 0.15) is 0 Å². The molecule has 0 atom stereocenters. The van der Waals surface area contributed by atoms with E-state index < -0.39 is 0 Å². The van der Waals surface area contributed by atoms with Crippen molar-refractivity contribution >= 4 is 17.3 Å². The molecular weight excluding hydrogens is 284 g/mol. The van der Waals surface area contributed by atoms with Crippen LogP contribution in [0.2, 0.25) is 0 Å². The van der Waals surface area contributed by atoms with Gasteiger partial charge in [-0.15, -0.1) is 0 Å². The van der Waals surface area contributed by atoms with Gasteiger partial charge in [0.25, 0.3) is 0 Å². The van der Waals surface area contributed by atoms with Crippen LogP contribution in [-0.4, -0.2) is 36.3 Å². The van der Waals surface area contributed by atoms with Crippen LogP contribution in [0, 0.1) is 0 Å². The van der Waals surface area contributed by atoms with E-state index in [0.717, 1.165) is 68.7 Å². The van der Waals surface area contributed by atoms with Gasteiger partial charge in [-0.1, -0.05) is 6.92 Å². The van der Waals surface area contributed by atoms with Crippen LogP contribution in [-0.2, 0) is 13.0 Å². The smallest absolute Gasteiger partial charge is 0.169 e. The molecule has 4 nitrogen and oxygen atoms in total. The van der Waals surface area contributed by atoms with E-state index in [-0.39, 0.29) is 0 Å². The molecular formula is C16H22N2O2S. The fourth-order valence-corrected chi connectivity index (χ4v) is 2.99. The number of rotatable bonds is 2. The second kappa shape index (κ2) is 6.52. The standard InChI is InChI=1S/C16H22N2O2S/c1-2-5-17-16(21)18-6-4-12-9-14-15(10-13(12)11-18)20-8-3-7-19-14/h9-10H,2-8,11H2,1H3,(H,17,21). The average Bonchev–Trinajstić information content (AvgIpc) is 2.74. The lowest BCUT2D eigenvalue weighted by atomic mass is 9.99. The topological polar surface area (TPSA) is 33.7 Å². The summed E-state index contributed by atoms with van der Waals surface area (Å²) in [6.07, 6.45) is 3.03. The molecule has 0 saturated heterocycles. The molecule has 1 aromatic rings. The van der Waals surface area contributed by atoms with Crippen LogP contribution in [0.3, 0.4) is 0 Å². The SMILES string of the molecule is CCCNC(=S)N1CCc2cc3c(cc2C1)OCCCO3. The Kier molecular flexibility index (Phi) is 4.48. The summed E-state index contributed by atoms with van der Waals surface area (Å²) in [5, 5.41) is 4.16. The van der Waals surface area contributed by atoms with Gasteiger partial charge in [-0.25, -0.2) is 0 Å². The number of nitrogens with one attached hydrogen (secondary N) is 1. The van der Waals surface area contributed by atoms with Gasteiger partial charge in [0.05, 0.1) is 13.2 Å². The highest BCUT2D eigenvalue weighted by molar-refractivity contribution is 7.80. The van der Waals surface area contributed by atoms with Gasteiger partial charge in [0.15, 0.2) is 16.6 Å². The van der Waals surface area contributed by atoms with E-state index in [1.54, 1.807) is 0 Å². The van der Waals surface area contributed by atoms with Crippen molar-refractivity contribution in [2.75, 3.05) is 26.3 Å². The Labute approximate surface area is 131 Å². The summed E-state index contributed by atoms with van der Waals surface area (Å²) in [5.41, 5.74) is 2.65. The zero-order chi connectivity index (χ0) is 14.7. The molecule has 21 heavy (non-hydrogen) atoms. The third-order valence-corrected chi connectivity index (χ3v) is 4.30. The third kappa shape index (κ3) is 3.23. The minimum atomic E-state index is 0.728. The third-order valence-electron chi connectivity index (χ3n) is 3.90. The van der Waals surface area contributed by atoms with Gasteiger partial charge in [-0.05, 0) is 48.3 Å². The second-order valence-corrected chi connectivity index (χ2v) is 5.91. The first kappa shape index (κ1) is 14.4. The first-order valence-electron chi connectivity index (χ1n) is 7.72. The van der Waals surface area contributed by atoms with Crippen molar-refractivity contribution in [3.63, 3.8) is 0 Å². The molecule has 2 aliphatic heterocycles. The van der Waals surface area contributed by atoms with Crippen molar-refractivity contribution in [3.05, 3.63) is 23.3 Å². The number of benzene rings is 1. The Hall–Kier alpha value is -1.49. The number of hydrogen-bond acceptors (Lipinski definition) is 3. The molecule has 5 heteroatoms. The quantitative estimate of drug-likeness (QED) is 0.849. The van der Waals surface area contributed by atoms with E-state index in [1.807, 2.05) is 0 Å². The summed E-state index contributed by atoms with van der Waals surface area (Å²) in [6, 6.07) is 4.28. The highest BCUT2D eigenvalue weighted by Gasteiger charge is 2.22. The Bertz CT molecular complexity index is 533. The molecule has 0 aliphatic carbocycles. The Balaban J connectivity index is 1.76. The lowest BCUT2D eigenvalue weighted by Crippen LogP contribution is -2.42. The van der Waals surface area contributed by atoms with E-state index in [1.165, 1.54) is 11.1 Å². The van der Waals surface area contributed by atoms with Crippen molar-refractivity contribution < 1.29 is 9.47 Å². The van der Waals surface area contributed by atoms with E-state index in [4.69, 9.17) is 21.7 Å². The van der Waals surface area contributed by atoms with Gasteiger partial charge in [-0.2, -0.15) is 0 Å². The van der Waals surface area contributed by atoms with Crippen LogP contribution in [0.15, 0.2) is 12.1 Å². The fourth-order valence-electron chi connectivity index (χ4n) is 2.73. The minimum Gasteiger partial charge on any atom is -0.490 e. The summed E-state index contributed by atoms with van der Waals surface area (Å²) in [7, 11) is 0. The Morgan fingerprint density at radius 3 is 2.67 bits per heavy atom. The summed E-state index contributed by atoms with van der Waals surface area (Å²) < 4.78 is 11.5. The van der Waals surface area contributed by atoms with Gasteiger partial charge in [0, 0.05) is 26.1 Å². The first-order chi connectivity index (χ1) is 10.3. The number of hydrogen-bond donors (Lipinski definition) is 1. The number of ether oxygens (including phenoxy) is 2. The number of nitrogens with zero attached hydrogens (tertiary/aromatic N) is 1. The molecule has 2 heterocycles. The summed E-state index contributed by atoms with van der Waals surface area (Å²) in [6.45, 7) is 6.36. The number of thiocarbonyl (C=S) groups is 1. The Morgan fingerprint density at radius 1 is 1.24 bits per heavy atom. The normalized spacial score (nSPS) is 16.9. The van der Waals surface area contributed by atoms with E-state index in [0.29, 0.717) is 0 Å². The molecule has 0 unspecified atom stereocenters. The van der Waals surface area contributed by atoms with E-state index in [9.17, 15) is 0 Å². The molecule has 0 spiro atoms. The highest BCUT2D eigenvalue weighted by atomic mass is 32.1. The van der Waals surface area contributed by atoms with Crippen molar-refractivity contribution in [1.82, 2.24) is 10.2 Å².